The van der Waals surface area contributed by atoms with E-state index >= 15 is 0 Å². The molecule has 0 atom stereocenters. The number of nitrogens with zero attached hydrogens (tertiary/aromatic N) is 2. The summed E-state index contributed by atoms with van der Waals surface area (Å²) in [5, 5.41) is 6.36. The molecule has 0 aliphatic heterocycles. The van der Waals surface area contributed by atoms with E-state index in [0.717, 1.165) is 42.9 Å². The van der Waals surface area contributed by atoms with E-state index in [1.165, 1.54) is 17.8 Å². The number of hydrogen-bond acceptors (Lipinski definition) is 4. The maximum Gasteiger partial charge on any atom is 0.238 e. The summed E-state index contributed by atoms with van der Waals surface area (Å²) in [7, 11) is 0. The molecule has 0 saturated carbocycles. The van der Waals surface area contributed by atoms with E-state index < -0.39 is 0 Å². The van der Waals surface area contributed by atoms with Gasteiger partial charge in [0.15, 0.2) is 0 Å². The highest BCUT2D eigenvalue weighted by atomic mass is 32.1. The van der Waals surface area contributed by atoms with Crippen LogP contribution in [0.4, 0.5) is 5.69 Å². The smallest absolute Gasteiger partial charge is 0.238 e. The van der Waals surface area contributed by atoms with Gasteiger partial charge in [0.1, 0.15) is 0 Å². The molecule has 0 fully saturated rings. The number of hydrogen-bond donors (Lipinski definition) is 1. The Labute approximate surface area is 155 Å². The Morgan fingerprint density at radius 3 is 2.76 bits per heavy atom. The lowest BCUT2D eigenvalue weighted by Gasteiger charge is -2.20. The molecule has 2 rings (SSSR count). The van der Waals surface area contributed by atoms with Crippen LogP contribution in [0, 0.1) is 6.92 Å². The van der Waals surface area contributed by atoms with Crippen LogP contribution in [0.15, 0.2) is 29.6 Å². The van der Waals surface area contributed by atoms with Gasteiger partial charge in [-0.15, -0.1) is 11.3 Å². The zero-order valence-corrected chi connectivity index (χ0v) is 16.4. The molecule has 4 nitrogen and oxygen atoms in total. The molecule has 1 aromatic carbocycles. The number of para-hydroxylation sites is 1. The van der Waals surface area contributed by atoms with Crippen LogP contribution in [0.1, 0.15) is 49.4 Å². The van der Waals surface area contributed by atoms with Crippen molar-refractivity contribution in [2.24, 2.45) is 0 Å². The summed E-state index contributed by atoms with van der Waals surface area (Å²) in [6.45, 7) is 8.36. The number of anilines is 1. The first-order valence-corrected chi connectivity index (χ1v) is 10.0. The van der Waals surface area contributed by atoms with Crippen LogP contribution < -0.4 is 5.32 Å². The first-order chi connectivity index (χ1) is 12.1. The van der Waals surface area contributed by atoms with Crippen molar-refractivity contribution in [3.63, 3.8) is 0 Å². The fraction of sp³-hybridized carbons (Fsp3) is 0.500. The minimum atomic E-state index is 0.0317. The Hall–Kier alpha value is -1.72. The summed E-state index contributed by atoms with van der Waals surface area (Å²) in [5.74, 6) is 0.0317. The normalized spacial score (nSPS) is 11.0. The zero-order valence-electron chi connectivity index (χ0n) is 15.5. The summed E-state index contributed by atoms with van der Waals surface area (Å²) in [5.41, 5.74) is 3.05. The standard InChI is InChI=1S/C20H29N3OS/c1-4-6-11-20-21-17(15-25-20)13-23(12-5-2)14-19(24)22-18-10-8-7-9-16(18)3/h7-10,15H,4-6,11-14H2,1-3H3,(H,22,24). The zero-order chi connectivity index (χ0) is 18.1. The van der Waals surface area contributed by atoms with E-state index in [2.05, 4.69) is 29.4 Å². The van der Waals surface area contributed by atoms with Crippen LogP contribution in [0.25, 0.3) is 0 Å². The van der Waals surface area contributed by atoms with Crippen molar-refractivity contribution in [1.82, 2.24) is 9.88 Å². The number of amides is 1. The molecule has 0 bridgehead atoms. The second kappa shape index (κ2) is 10.3. The van der Waals surface area contributed by atoms with Gasteiger partial charge >= 0.3 is 0 Å². The second-order valence-electron chi connectivity index (χ2n) is 6.41. The van der Waals surface area contributed by atoms with Gasteiger partial charge in [0.25, 0.3) is 0 Å². The van der Waals surface area contributed by atoms with Crippen LogP contribution in [-0.2, 0) is 17.8 Å². The van der Waals surface area contributed by atoms with Crippen LogP contribution >= 0.6 is 11.3 Å². The Kier molecular flexibility index (Phi) is 8.09. The third kappa shape index (κ3) is 6.59. The number of aryl methyl sites for hydroxylation is 2. The first-order valence-electron chi connectivity index (χ1n) is 9.13. The van der Waals surface area contributed by atoms with Crippen molar-refractivity contribution in [3.05, 3.63) is 45.9 Å². The lowest BCUT2D eigenvalue weighted by Crippen LogP contribution is -2.33. The Balaban J connectivity index is 1.92. The van der Waals surface area contributed by atoms with Gasteiger partial charge in [-0.25, -0.2) is 4.98 Å². The van der Waals surface area contributed by atoms with Crippen molar-refractivity contribution in [3.8, 4) is 0 Å². The molecule has 1 amide bonds. The fourth-order valence-corrected chi connectivity index (χ4v) is 3.56. The maximum atomic E-state index is 12.4. The van der Waals surface area contributed by atoms with Crippen molar-refractivity contribution in [2.75, 3.05) is 18.4 Å². The molecule has 2 aromatic rings. The number of thiazole rings is 1. The minimum absolute atomic E-state index is 0.0317. The number of carbonyl (C=O) groups is 1. The van der Waals surface area contributed by atoms with Crippen molar-refractivity contribution in [2.45, 2.75) is 53.0 Å². The maximum absolute atomic E-state index is 12.4. The molecule has 0 saturated heterocycles. The number of carbonyl (C=O) groups excluding carboxylic acids is 1. The second-order valence-corrected chi connectivity index (χ2v) is 7.35. The predicted octanol–water partition coefficient (Wildman–Crippen LogP) is 4.64. The van der Waals surface area contributed by atoms with Gasteiger partial charge in [0.2, 0.25) is 5.91 Å². The number of aromatic nitrogens is 1. The quantitative estimate of drug-likeness (QED) is 0.672. The highest BCUT2D eigenvalue weighted by molar-refractivity contribution is 7.09. The summed E-state index contributed by atoms with van der Waals surface area (Å²) < 4.78 is 0. The van der Waals surface area contributed by atoms with Crippen molar-refractivity contribution < 1.29 is 4.79 Å². The van der Waals surface area contributed by atoms with Gasteiger partial charge in [0, 0.05) is 17.6 Å². The van der Waals surface area contributed by atoms with Gasteiger partial charge in [-0.3, -0.25) is 9.69 Å². The fourth-order valence-electron chi connectivity index (χ4n) is 2.73. The summed E-state index contributed by atoms with van der Waals surface area (Å²) in [6.07, 6.45) is 4.45. The Morgan fingerprint density at radius 1 is 1.24 bits per heavy atom. The number of unbranched alkanes of at least 4 members (excludes halogenated alkanes) is 1. The summed E-state index contributed by atoms with van der Waals surface area (Å²) in [4.78, 5) is 19.3. The van der Waals surface area contributed by atoms with E-state index in [4.69, 9.17) is 4.98 Å². The lowest BCUT2D eigenvalue weighted by molar-refractivity contribution is -0.117. The molecular weight excluding hydrogens is 330 g/mol. The van der Waals surface area contributed by atoms with E-state index in [1.807, 2.05) is 31.2 Å². The molecule has 1 heterocycles. The molecule has 5 heteroatoms. The first kappa shape index (κ1) is 19.6. The van der Waals surface area contributed by atoms with Gasteiger partial charge in [-0.05, 0) is 44.4 Å². The van der Waals surface area contributed by atoms with Gasteiger partial charge in [-0.2, -0.15) is 0 Å². The average molecular weight is 360 g/mol. The highest BCUT2D eigenvalue weighted by Gasteiger charge is 2.13. The molecule has 1 aromatic heterocycles. The van der Waals surface area contributed by atoms with E-state index in [-0.39, 0.29) is 5.91 Å². The Morgan fingerprint density at radius 2 is 2.04 bits per heavy atom. The van der Waals surface area contributed by atoms with Crippen molar-refractivity contribution >= 4 is 22.9 Å². The number of benzene rings is 1. The van der Waals surface area contributed by atoms with Crippen LogP contribution in [0.2, 0.25) is 0 Å². The van der Waals surface area contributed by atoms with E-state index in [0.29, 0.717) is 6.54 Å². The van der Waals surface area contributed by atoms with Crippen LogP contribution in [0.5, 0.6) is 0 Å². The summed E-state index contributed by atoms with van der Waals surface area (Å²) >= 11 is 1.73. The summed E-state index contributed by atoms with van der Waals surface area (Å²) in [6, 6.07) is 7.87. The van der Waals surface area contributed by atoms with Gasteiger partial charge in [-0.1, -0.05) is 38.5 Å². The molecule has 25 heavy (non-hydrogen) atoms. The molecule has 0 radical (unpaired) electrons. The molecule has 0 aliphatic rings. The third-order valence-electron chi connectivity index (χ3n) is 4.06. The largest absolute Gasteiger partial charge is 0.325 e. The minimum Gasteiger partial charge on any atom is -0.325 e. The molecule has 1 N–H and O–H groups in total. The van der Waals surface area contributed by atoms with Gasteiger partial charge < -0.3 is 5.32 Å². The number of nitrogens with one attached hydrogen (secondary N) is 1. The van der Waals surface area contributed by atoms with Crippen molar-refractivity contribution in [1.29, 1.82) is 0 Å². The van der Waals surface area contributed by atoms with Crippen LogP contribution in [-0.4, -0.2) is 28.9 Å². The number of rotatable bonds is 10. The van der Waals surface area contributed by atoms with E-state index in [1.54, 1.807) is 11.3 Å². The molecular formula is C20H29N3OS. The lowest BCUT2D eigenvalue weighted by atomic mass is 10.2. The SMILES string of the molecule is CCCCc1nc(CN(CCC)CC(=O)Nc2ccccc2C)cs1. The third-order valence-corrected chi connectivity index (χ3v) is 5.01. The molecule has 0 spiro atoms. The topological polar surface area (TPSA) is 45.2 Å². The average Bonchev–Trinajstić information content (AvgIpc) is 3.02. The van der Waals surface area contributed by atoms with Gasteiger partial charge in [0.05, 0.1) is 17.2 Å². The molecule has 0 aliphatic carbocycles. The Bertz CT molecular complexity index is 668. The molecule has 0 unspecified atom stereocenters. The predicted molar refractivity (Wildman–Crippen MR) is 106 cm³/mol. The molecule has 136 valence electrons. The van der Waals surface area contributed by atoms with Crippen LogP contribution in [0.3, 0.4) is 0 Å². The highest BCUT2D eigenvalue weighted by Crippen LogP contribution is 2.16. The monoisotopic (exact) mass is 359 g/mol. The van der Waals surface area contributed by atoms with E-state index in [9.17, 15) is 4.79 Å².